The Kier molecular flexibility index (Phi) is 4.10. The van der Waals surface area contributed by atoms with Crippen LogP contribution in [0.25, 0.3) is 5.82 Å². The summed E-state index contributed by atoms with van der Waals surface area (Å²) in [5.41, 5.74) is -0.304. The molecular weight excluding hydrogens is 296 g/mol. The predicted molar refractivity (Wildman–Crippen MR) is 83.2 cm³/mol. The van der Waals surface area contributed by atoms with Crippen LogP contribution in [-0.2, 0) is 0 Å². The lowest BCUT2D eigenvalue weighted by molar-refractivity contribution is 0.0236. The lowest BCUT2D eigenvalue weighted by Gasteiger charge is -2.26. The highest BCUT2D eigenvalue weighted by Crippen LogP contribution is 2.23. The van der Waals surface area contributed by atoms with E-state index < -0.39 is 5.60 Å². The average Bonchev–Trinajstić information content (AvgIpc) is 3.16. The number of nitrogens with zero attached hydrogens (tertiary/aromatic N) is 6. The summed E-state index contributed by atoms with van der Waals surface area (Å²) in [5, 5.41) is 18.0. The predicted octanol–water partition coefficient (Wildman–Crippen LogP) is -0.199. The van der Waals surface area contributed by atoms with Crippen molar-refractivity contribution in [2.75, 3.05) is 33.7 Å². The number of hydrogen-bond acceptors (Lipinski definition) is 6. The van der Waals surface area contributed by atoms with Crippen LogP contribution in [0.3, 0.4) is 0 Å². The Morgan fingerprint density at radius 2 is 2.13 bits per heavy atom. The third-order valence-corrected chi connectivity index (χ3v) is 3.91. The summed E-state index contributed by atoms with van der Waals surface area (Å²) in [5.74, 6) is 0.486. The Morgan fingerprint density at radius 3 is 2.83 bits per heavy atom. The fraction of sp³-hybridized carbons (Fsp3) is 0.467. The summed E-state index contributed by atoms with van der Waals surface area (Å²) in [6.07, 6.45) is 5.23. The number of hydrogen-bond donors (Lipinski definition) is 1. The molecule has 1 aliphatic rings. The van der Waals surface area contributed by atoms with Crippen LogP contribution in [0, 0.1) is 0 Å². The highest BCUT2D eigenvalue weighted by molar-refractivity contribution is 5.94. The van der Waals surface area contributed by atoms with E-state index in [1.165, 1.54) is 12.7 Å². The number of carbonyl (C=O) groups excluding carboxylic acids is 1. The Hall–Kier alpha value is -2.32. The summed E-state index contributed by atoms with van der Waals surface area (Å²) in [6, 6.07) is 3.38. The van der Waals surface area contributed by atoms with Gasteiger partial charge in [0.1, 0.15) is 18.5 Å². The van der Waals surface area contributed by atoms with Gasteiger partial charge in [0.2, 0.25) is 0 Å². The number of aliphatic hydroxyl groups is 1. The van der Waals surface area contributed by atoms with Crippen molar-refractivity contribution in [3.05, 3.63) is 36.5 Å². The monoisotopic (exact) mass is 316 g/mol. The normalized spacial score (nSPS) is 21.1. The van der Waals surface area contributed by atoms with Crippen LogP contribution in [0.4, 0.5) is 0 Å². The number of rotatable bonds is 4. The third-order valence-electron chi connectivity index (χ3n) is 3.91. The molecule has 2 aromatic heterocycles. The van der Waals surface area contributed by atoms with Gasteiger partial charge in [-0.3, -0.25) is 9.36 Å². The maximum Gasteiger partial charge on any atom is 0.254 e. The van der Waals surface area contributed by atoms with E-state index in [1.54, 1.807) is 27.8 Å². The minimum atomic E-state index is -0.844. The number of carbonyl (C=O) groups is 1. The molecule has 8 nitrogen and oxygen atoms in total. The van der Waals surface area contributed by atoms with E-state index in [-0.39, 0.29) is 5.91 Å². The van der Waals surface area contributed by atoms with Gasteiger partial charge in [-0.1, -0.05) is 0 Å². The summed E-state index contributed by atoms with van der Waals surface area (Å²) >= 11 is 0. The number of aromatic nitrogens is 4. The molecule has 23 heavy (non-hydrogen) atoms. The molecule has 0 aliphatic carbocycles. The molecule has 122 valence electrons. The van der Waals surface area contributed by atoms with E-state index in [1.807, 2.05) is 19.0 Å². The van der Waals surface area contributed by atoms with Crippen molar-refractivity contribution in [2.24, 2.45) is 0 Å². The zero-order chi connectivity index (χ0) is 16.4. The molecule has 1 unspecified atom stereocenters. The molecule has 0 bridgehead atoms. The average molecular weight is 316 g/mol. The quantitative estimate of drug-likeness (QED) is 0.840. The first kappa shape index (κ1) is 15.6. The van der Waals surface area contributed by atoms with E-state index >= 15 is 0 Å². The number of likely N-dealkylation sites (tertiary alicyclic amines) is 1. The molecule has 1 aliphatic heterocycles. The van der Waals surface area contributed by atoms with Crippen molar-refractivity contribution in [2.45, 2.75) is 12.0 Å². The highest BCUT2D eigenvalue weighted by atomic mass is 16.3. The van der Waals surface area contributed by atoms with E-state index in [2.05, 4.69) is 15.2 Å². The van der Waals surface area contributed by atoms with Gasteiger partial charge in [-0.25, -0.2) is 4.98 Å². The molecule has 0 spiro atoms. The number of β-amino-alcohol motifs (C(OH)–C–C–N with tert-alkyl or cyclic N) is 1. The second kappa shape index (κ2) is 6.05. The lowest BCUT2D eigenvalue weighted by atomic mass is 10.0. The zero-order valence-corrected chi connectivity index (χ0v) is 13.3. The third kappa shape index (κ3) is 3.38. The molecule has 0 saturated carbocycles. The van der Waals surface area contributed by atoms with Crippen LogP contribution < -0.4 is 0 Å². The molecule has 3 rings (SSSR count). The maximum atomic E-state index is 12.7. The summed E-state index contributed by atoms with van der Waals surface area (Å²) in [6.45, 7) is 1.43. The smallest absolute Gasteiger partial charge is 0.254 e. The van der Waals surface area contributed by atoms with Crippen molar-refractivity contribution < 1.29 is 9.90 Å². The lowest BCUT2D eigenvalue weighted by Crippen LogP contribution is -2.43. The topological polar surface area (TPSA) is 87.4 Å². The molecule has 0 radical (unpaired) electrons. The fourth-order valence-electron chi connectivity index (χ4n) is 2.94. The largest absolute Gasteiger partial charge is 0.387 e. The van der Waals surface area contributed by atoms with Gasteiger partial charge in [-0.2, -0.15) is 0 Å². The Bertz CT molecular complexity index is 687. The van der Waals surface area contributed by atoms with Crippen LogP contribution in [0.15, 0.2) is 31.0 Å². The molecule has 1 fully saturated rings. The molecule has 1 N–H and O–H groups in total. The van der Waals surface area contributed by atoms with Crippen LogP contribution in [0.2, 0.25) is 0 Å². The number of likely N-dealkylation sites (N-methyl/N-ethyl adjacent to an activating group) is 1. The maximum absolute atomic E-state index is 12.7. The first-order valence-electron chi connectivity index (χ1n) is 7.44. The first-order chi connectivity index (χ1) is 11.0. The number of pyridine rings is 1. The molecule has 1 saturated heterocycles. The zero-order valence-electron chi connectivity index (χ0n) is 13.3. The Balaban J connectivity index is 1.75. The molecule has 1 amide bonds. The second-order valence-electron chi connectivity index (χ2n) is 6.21. The standard InChI is InChI=1S/C15H20N6O2/c1-19(2)8-15(23)4-6-20(9-15)14(22)12-3-5-16-13(7-12)21-10-17-18-11-21/h3,5,7,10-11,23H,4,6,8-9H2,1-2H3. The van der Waals surface area contributed by atoms with E-state index in [0.29, 0.717) is 37.4 Å². The molecule has 0 aromatic carbocycles. The number of amides is 1. The first-order valence-corrected chi connectivity index (χ1v) is 7.44. The highest BCUT2D eigenvalue weighted by Gasteiger charge is 2.38. The fourth-order valence-corrected chi connectivity index (χ4v) is 2.94. The van der Waals surface area contributed by atoms with Gasteiger partial charge < -0.3 is 14.9 Å². The Morgan fingerprint density at radius 1 is 1.39 bits per heavy atom. The van der Waals surface area contributed by atoms with Gasteiger partial charge in [0, 0.05) is 24.8 Å². The van der Waals surface area contributed by atoms with Gasteiger partial charge in [-0.15, -0.1) is 10.2 Å². The van der Waals surface area contributed by atoms with E-state index in [0.717, 1.165) is 0 Å². The van der Waals surface area contributed by atoms with Gasteiger partial charge in [-0.05, 0) is 32.6 Å². The van der Waals surface area contributed by atoms with E-state index in [4.69, 9.17) is 0 Å². The van der Waals surface area contributed by atoms with Crippen LogP contribution in [0.1, 0.15) is 16.8 Å². The second-order valence-corrected chi connectivity index (χ2v) is 6.21. The van der Waals surface area contributed by atoms with Gasteiger partial charge in [0.05, 0.1) is 12.1 Å². The van der Waals surface area contributed by atoms with Crippen LogP contribution in [0.5, 0.6) is 0 Å². The molecular formula is C15H20N6O2. The minimum absolute atomic E-state index is 0.101. The summed E-state index contributed by atoms with van der Waals surface area (Å²) in [7, 11) is 3.83. The van der Waals surface area contributed by atoms with Crippen molar-refractivity contribution in [1.82, 2.24) is 29.5 Å². The molecule has 8 heteroatoms. The Labute approximate surface area is 134 Å². The summed E-state index contributed by atoms with van der Waals surface area (Å²) < 4.78 is 1.64. The molecule has 1 atom stereocenters. The van der Waals surface area contributed by atoms with Gasteiger partial charge in [0.15, 0.2) is 0 Å². The molecule has 3 heterocycles. The molecule has 2 aromatic rings. The van der Waals surface area contributed by atoms with Crippen LogP contribution >= 0.6 is 0 Å². The van der Waals surface area contributed by atoms with Crippen molar-refractivity contribution >= 4 is 5.91 Å². The van der Waals surface area contributed by atoms with Gasteiger partial charge in [0.25, 0.3) is 5.91 Å². The SMILES string of the molecule is CN(C)CC1(O)CCN(C(=O)c2ccnc(-n3cnnc3)c2)C1. The van der Waals surface area contributed by atoms with Crippen molar-refractivity contribution in [3.63, 3.8) is 0 Å². The minimum Gasteiger partial charge on any atom is -0.387 e. The summed E-state index contributed by atoms with van der Waals surface area (Å²) in [4.78, 5) is 20.5. The van der Waals surface area contributed by atoms with Crippen molar-refractivity contribution in [3.8, 4) is 5.82 Å². The van der Waals surface area contributed by atoms with Crippen LogP contribution in [-0.4, -0.2) is 79.9 Å². The van der Waals surface area contributed by atoms with Gasteiger partial charge >= 0.3 is 0 Å². The van der Waals surface area contributed by atoms with Crippen molar-refractivity contribution in [1.29, 1.82) is 0 Å². The van der Waals surface area contributed by atoms with E-state index in [9.17, 15) is 9.90 Å².